The number of imidazole rings is 1. The van der Waals surface area contributed by atoms with Crippen LogP contribution in [0.1, 0.15) is 0 Å². The summed E-state index contributed by atoms with van der Waals surface area (Å²) in [5.41, 5.74) is 7.68. The lowest BCUT2D eigenvalue weighted by molar-refractivity contribution is 1.06. The van der Waals surface area contributed by atoms with E-state index < -0.39 is 0 Å². The van der Waals surface area contributed by atoms with Crippen molar-refractivity contribution in [2.24, 2.45) is 0 Å². The number of pyridine rings is 1. The molecule has 0 aliphatic carbocycles. The van der Waals surface area contributed by atoms with E-state index in [1.165, 1.54) is 0 Å². The van der Waals surface area contributed by atoms with Gasteiger partial charge in [-0.2, -0.15) is 0 Å². The first-order chi connectivity index (χ1) is 13.9. The van der Waals surface area contributed by atoms with E-state index in [1.54, 1.807) is 0 Å². The zero-order chi connectivity index (χ0) is 18.5. The van der Waals surface area contributed by atoms with Crippen LogP contribution in [0.15, 0.2) is 97.3 Å². The Morgan fingerprint density at radius 1 is 0.607 bits per heavy atom. The Morgan fingerprint density at radius 3 is 2.14 bits per heavy atom. The largest absolute Gasteiger partial charge is 0.306 e. The highest BCUT2D eigenvalue weighted by molar-refractivity contribution is 6.02. The number of anilines is 3. The van der Waals surface area contributed by atoms with Gasteiger partial charge in [-0.25, -0.2) is 4.98 Å². The maximum Gasteiger partial charge on any atom is 0.145 e. The zero-order valence-electron chi connectivity index (χ0n) is 15.0. The molecular formula is C24H16N4. The fourth-order valence-corrected chi connectivity index (χ4v) is 4.05. The molecule has 0 fully saturated rings. The summed E-state index contributed by atoms with van der Waals surface area (Å²) in [6.07, 6.45) is 3.67. The quantitative estimate of drug-likeness (QED) is 0.387. The number of para-hydroxylation sites is 3. The average Bonchev–Trinajstić information content (AvgIpc) is 3.17. The molecule has 0 unspecified atom stereocenters. The first-order valence-corrected chi connectivity index (χ1v) is 9.28. The minimum atomic E-state index is 0.963. The van der Waals surface area contributed by atoms with Crippen molar-refractivity contribution in [1.29, 1.82) is 0 Å². The maximum atomic E-state index is 5.01. The van der Waals surface area contributed by atoms with Crippen LogP contribution in [-0.2, 0) is 0 Å². The highest BCUT2D eigenvalue weighted by Gasteiger charge is 2.28. The van der Waals surface area contributed by atoms with E-state index in [1.807, 2.05) is 30.6 Å². The molecule has 28 heavy (non-hydrogen) atoms. The van der Waals surface area contributed by atoms with Gasteiger partial charge in [0.25, 0.3) is 0 Å². The number of fused-ring (bicyclic) bond motifs is 2. The number of benzene rings is 3. The average molecular weight is 360 g/mol. The fourth-order valence-electron chi connectivity index (χ4n) is 4.05. The van der Waals surface area contributed by atoms with Gasteiger partial charge in [-0.15, -0.1) is 0 Å². The summed E-state index contributed by atoms with van der Waals surface area (Å²) in [5, 5.41) is 0. The van der Waals surface area contributed by atoms with Crippen molar-refractivity contribution in [2.45, 2.75) is 0 Å². The number of hydrogen-bond donors (Lipinski definition) is 0. The second-order valence-corrected chi connectivity index (χ2v) is 6.81. The van der Waals surface area contributed by atoms with Gasteiger partial charge in [0.1, 0.15) is 5.82 Å². The smallest absolute Gasteiger partial charge is 0.145 e. The number of aromatic nitrogens is 3. The van der Waals surface area contributed by atoms with E-state index >= 15 is 0 Å². The Morgan fingerprint density at radius 2 is 1.32 bits per heavy atom. The first kappa shape index (κ1) is 15.2. The Hall–Kier alpha value is -3.92. The van der Waals surface area contributed by atoms with E-state index in [0.29, 0.717) is 0 Å². The lowest BCUT2D eigenvalue weighted by Gasteiger charge is -2.32. The molecule has 3 aromatic carbocycles. The van der Waals surface area contributed by atoms with Crippen LogP contribution in [0.25, 0.3) is 28.1 Å². The topological polar surface area (TPSA) is 34.0 Å². The van der Waals surface area contributed by atoms with Crippen LogP contribution in [0.3, 0.4) is 0 Å². The van der Waals surface area contributed by atoms with Crippen molar-refractivity contribution in [1.82, 2.24) is 14.5 Å². The van der Waals surface area contributed by atoms with Crippen molar-refractivity contribution in [2.75, 3.05) is 4.90 Å². The molecule has 5 aromatic rings. The van der Waals surface area contributed by atoms with Gasteiger partial charge in [0, 0.05) is 23.6 Å². The number of rotatable bonds is 2. The standard InChI is InChI=1S/C24H16N4/c1-2-7-17(8-3-1)24-26-19-9-6-12-22-23(19)28(24)21-11-5-4-10-20(21)27(22)18-13-15-25-16-14-18/h1-16H. The summed E-state index contributed by atoms with van der Waals surface area (Å²) in [5.74, 6) is 0.963. The van der Waals surface area contributed by atoms with Gasteiger partial charge in [-0.05, 0) is 36.4 Å². The minimum Gasteiger partial charge on any atom is -0.306 e. The Balaban J connectivity index is 1.75. The van der Waals surface area contributed by atoms with Crippen molar-refractivity contribution in [3.8, 4) is 17.1 Å². The molecule has 0 atom stereocenters. The molecular weight excluding hydrogens is 344 g/mol. The molecule has 0 radical (unpaired) electrons. The normalized spacial score (nSPS) is 12.2. The lowest BCUT2D eigenvalue weighted by atomic mass is 10.1. The minimum absolute atomic E-state index is 0.963. The van der Waals surface area contributed by atoms with E-state index in [0.717, 1.165) is 45.2 Å². The van der Waals surface area contributed by atoms with Crippen LogP contribution in [0.5, 0.6) is 0 Å². The van der Waals surface area contributed by atoms with Gasteiger partial charge in [0.05, 0.1) is 28.1 Å². The molecule has 132 valence electrons. The Kier molecular flexibility index (Phi) is 3.14. The summed E-state index contributed by atoms with van der Waals surface area (Å²) in [4.78, 5) is 11.5. The lowest BCUT2D eigenvalue weighted by Crippen LogP contribution is -2.18. The SMILES string of the molecule is c1ccc(-c2nc3cccc4c3n2-c2ccccc2N4c2ccncc2)cc1. The second-order valence-electron chi connectivity index (χ2n) is 6.81. The Bertz CT molecular complexity index is 1310. The summed E-state index contributed by atoms with van der Waals surface area (Å²) >= 11 is 0. The highest BCUT2D eigenvalue weighted by Crippen LogP contribution is 2.47. The van der Waals surface area contributed by atoms with E-state index in [2.05, 4.69) is 81.2 Å². The van der Waals surface area contributed by atoms with E-state index in [4.69, 9.17) is 4.98 Å². The molecule has 1 aliphatic heterocycles. The Labute approximate surface area is 162 Å². The van der Waals surface area contributed by atoms with E-state index in [-0.39, 0.29) is 0 Å². The monoisotopic (exact) mass is 360 g/mol. The van der Waals surface area contributed by atoms with Gasteiger partial charge in [0.2, 0.25) is 0 Å². The molecule has 0 saturated heterocycles. The predicted octanol–water partition coefficient (Wildman–Crippen LogP) is 5.87. The van der Waals surface area contributed by atoms with Crippen LogP contribution in [0.2, 0.25) is 0 Å². The van der Waals surface area contributed by atoms with Crippen LogP contribution in [-0.4, -0.2) is 14.5 Å². The number of nitrogens with zero attached hydrogens (tertiary/aromatic N) is 4. The van der Waals surface area contributed by atoms with Crippen molar-refractivity contribution < 1.29 is 0 Å². The van der Waals surface area contributed by atoms with Gasteiger partial charge in [-0.1, -0.05) is 48.5 Å². The summed E-state index contributed by atoms with van der Waals surface area (Å²) in [6.45, 7) is 0. The molecule has 0 saturated carbocycles. The second kappa shape index (κ2) is 5.79. The first-order valence-electron chi connectivity index (χ1n) is 9.28. The maximum absolute atomic E-state index is 5.01. The summed E-state index contributed by atoms with van der Waals surface area (Å²) < 4.78 is 2.28. The van der Waals surface area contributed by atoms with Gasteiger partial charge >= 0.3 is 0 Å². The van der Waals surface area contributed by atoms with Crippen molar-refractivity contribution in [3.05, 3.63) is 97.3 Å². The molecule has 4 nitrogen and oxygen atoms in total. The van der Waals surface area contributed by atoms with Gasteiger partial charge in [0.15, 0.2) is 0 Å². The third-order valence-electron chi connectivity index (χ3n) is 5.21. The zero-order valence-corrected chi connectivity index (χ0v) is 15.0. The molecule has 6 rings (SSSR count). The molecule has 0 spiro atoms. The molecule has 4 heteroatoms. The predicted molar refractivity (Wildman–Crippen MR) is 113 cm³/mol. The third kappa shape index (κ3) is 2.06. The van der Waals surface area contributed by atoms with Gasteiger partial charge in [-0.3, -0.25) is 9.55 Å². The molecule has 1 aliphatic rings. The number of hydrogen-bond acceptors (Lipinski definition) is 3. The van der Waals surface area contributed by atoms with Crippen LogP contribution in [0.4, 0.5) is 17.1 Å². The van der Waals surface area contributed by atoms with Crippen molar-refractivity contribution in [3.63, 3.8) is 0 Å². The van der Waals surface area contributed by atoms with E-state index in [9.17, 15) is 0 Å². The van der Waals surface area contributed by atoms with Crippen LogP contribution >= 0.6 is 0 Å². The van der Waals surface area contributed by atoms with Crippen LogP contribution < -0.4 is 4.90 Å². The molecule has 0 bridgehead atoms. The van der Waals surface area contributed by atoms with Crippen LogP contribution in [0, 0.1) is 0 Å². The summed E-state index contributed by atoms with van der Waals surface area (Å²) in [6, 6.07) is 29.3. The fraction of sp³-hybridized carbons (Fsp3) is 0. The summed E-state index contributed by atoms with van der Waals surface area (Å²) in [7, 11) is 0. The highest BCUT2D eigenvalue weighted by atomic mass is 15.2. The molecule has 2 aromatic heterocycles. The molecule has 3 heterocycles. The van der Waals surface area contributed by atoms with Gasteiger partial charge < -0.3 is 4.90 Å². The van der Waals surface area contributed by atoms with Crippen molar-refractivity contribution >= 4 is 28.1 Å². The molecule has 0 N–H and O–H groups in total. The molecule has 0 amide bonds. The third-order valence-corrected chi connectivity index (χ3v) is 5.21.